The first-order chi connectivity index (χ1) is 10.5. The van der Waals surface area contributed by atoms with Crippen molar-refractivity contribution < 1.29 is 9.59 Å². The summed E-state index contributed by atoms with van der Waals surface area (Å²) >= 11 is 0. The van der Waals surface area contributed by atoms with E-state index in [4.69, 9.17) is 0 Å². The van der Waals surface area contributed by atoms with Crippen LogP contribution in [0.3, 0.4) is 0 Å². The van der Waals surface area contributed by atoms with Gasteiger partial charge in [-0.25, -0.2) is 0 Å². The molecule has 0 spiro atoms. The molecule has 2 heterocycles. The van der Waals surface area contributed by atoms with Crippen LogP contribution in [0.15, 0.2) is 9.98 Å². The van der Waals surface area contributed by atoms with Gasteiger partial charge in [0.15, 0.2) is 11.6 Å². The zero-order valence-electron chi connectivity index (χ0n) is 13.2. The third-order valence-corrected chi connectivity index (χ3v) is 7.09. The molecule has 22 heavy (non-hydrogen) atoms. The molecule has 3 aliphatic carbocycles. The summed E-state index contributed by atoms with van der Waals surface area (Å²) in [6, 6.07) is -0.164. The molecule has 3 saturated carbocycles. The van der Waals surface area contributed by atoms with Gasteiger partial charge < -0.3 is 0 Å². The maximum atomic E-state index is 12.8. The molecule has 0 amide bonds. The Morgan fingerprint density at radius 2 is 1.14 bits per heavy atom. The largest absolute Gasteiger partial charge is 0.297 e. The Labute approximate surface area is 130 Å². The van der Waals surface area contributed by atoms with Gasteiger partial charge >= 0.3 is 0 Å². The zero-order chi connectivity index (χ0) is 15.2. The Balaban J connectivity index is 1.47. The average molecular weight is 298 g/mol. The van der Waals surface area contributed by atoms with Gasteiger partial charge in [-0.3, -0.25) is 19.6 Å². The fraction of sp³-hybridized carbons (Fsp3) is 0.778. The molecule has 8 atom stereocenters. The second-order valence-electron chi connectivity index (χ2n) is 8.17. The molecule has 3 fully saturated rings. The van der Waals surface area contributed by atoms with Crippen LogP contribution in [0.5, 0.6) is 0 Å². The summed E-state index contributed by atoms with van der Waals surface area (Å²) in [5, 5.41) is 0. The normalized spacial score (nSPS) is 52.1. The quantitative estimate of drug-likeness (QED) is 0.687. The maximum absolute atomic E-state index is 12.8. The predicted octanol–water partition coefficient (Wildman–Crippen LogP) is 2.11. The van der Waals surface area contributed by atoms with Gasteiger partial charge in [-0.2, -0.15) is 0 Å². The molecule has 5 rings (SSSR count). The third-order valence-electron chi connectivity index (χ3n) is 7.09. The van der Waals surface area contributed by atoms with Crippen molar-refractivity contribution in [2.75, 3.05) is 0 Å². The highest BCUT2D eigenvalue weighted by molar-refractivity contribution is 5.99. The number of hydrogen-bond acceptors (Lipinski definition) is 4. The Morgan fingerprint density at radius 1 is 0.727 bits per heavy atom. The average Bonchev–Trinajstić information content (AvgIpc) is 3.17. The molecule has 4 heteroatoms. The number of carbonyl (C=O) groups is 2. The van der Waals surface area contributed by atoms with Crippen molar-refractivity contribution in [1.82, 2.24) is 0 Å². The molecular formula is C18H22N2O2. The van der Waals surface area contributed by atoms with Gasteiger partial charge in [0, 0.05) is 23.3 Å². The second kappa shape index (κ2) is 4.15. The molecule has 0 N–H and O–H groups in total. The first-order valence-corrected chi connectivity index (χ1v) is 8.68. The fourth-order valence-electron chi connectivity index (χ4n) is 6.30. The van der Waals surface area contributed by atoms with Crippen LogP contribution in [0.2, 0.25) is 0 Å². The topological polar surface area (TPSA) is 58.9 Å². The van der Waals surface area contributed by atoms with Crippen molar-refractivity contribution in [3.63, 3.8) is 0 Å². The number of rotatable bonds is 0. The lowest BCUT2D eigenvalue weighted by Gasteiger charge is -2.36. The lowest BCUT2D eigenvalue weighted by atomic mass is 9.66. The standard InChI is InChI=1S/C18H22N2O2/c1-7-3-11-9-5-14-10(6-13(9)17(21)15(11)19-7)12-4-8(2)20-16(12)18(14)22/h9-16H,3-6H2,1-2H3. The highest BCUT2D eigenvalue weighted by atomic mass is 16.1. The number of aliphatic imine (C=N–C) groups is 2. The summed E-state index contributed by atoms with van der Waals surface area (Å²) in [4.78, 5) is 34.8. The summed E-state index contributed by atoms with van der Waals surface area (Å²) < 4.78 is 0. The van der Waals surface area contributed by atoms with Crippen molar-refractivity contribution >= 4 is 23.0 Å². The van der Waals surface area contributed by atoms with Gasteiger partial charge in [-0.15, -0.1) is 0 Å². The van der Waals surface area contributed by atoms with Crippen LogP contribution in [-0.4, -0.2) is 35.1 Å². The van der Waals surface area contributed by atoms with Gasteiger partial charge in [0.25, 0.3) is 0 Å². The van der Waals surface area contributed by atoms with Gasteiger partial charge in [-0.05, 0) is 63.2 Å². The Kier molecular flexibility index (Phi) is 2.48. The summed E-state index contributed by atoms with van der Waals surface area (Å²) in [6.07, 6.45) is 3.78. The van der Waals surface area contributed by atoms with Crippen molar-refractivity contribution in [3.8, 4) is 0 Å². The second-order valence-corrected chi connectivity index (χ2v) is 8.17. The maximum Gasteiger partial charge on any atom is 0.160 e. The molecule has 0 radical (unpaired) electrons. The van der Waals surface area contributed by atoms with Crippen LogP contribution in [0.4, 0.5) is 0 Å². The van der Waals surface area contributed by atoms with Crippen molar-refractivity contribution in [2.45, 2.75) is 51.6 Å². The number of fused-ring (bicyclic) bond motifs is 6. The lowest BCUT2D eigenvalue weighted by molar-refractivity contribution is -0.127. The van der Waals surface area contributed by atoms with E-state index in [0.29, 0.717) is 35.2 Å². The van der Waals surface area contributed by atoms with E-state index in [1.54, 1.807) is 0 Å². The Hall–Kier alpha value is -1.32. The van der Waals surface area contributed by atoms with Crippen molar-refractivity contribution in [1.29, 1.82) is 0 Å². The molecule has 5 aliphatic rings. The number of carbonyl (C=O) groups excluding carboxylic acids is 2. The smallest absolute Gasteiger partial charge is 0.160 e. The summed E-state index contributed by atoms with van der Waals surface area (Å²) in [7, 11) is 0. The van der Waals surface area contributed by atoms with Gasteiger partial charge in [0.2, 0.25) is 0 Å². The van der Waals surface area contributed by atoms with Gasteiger partial charge in [0.05, 0.1) is 0 Å². The molecule has 4 nitrogen and oxygen atoms in total. The van der Waals surface area contributed by atoms with E-state index in [0.717, 1.165) is 37.1 Å². The molecule has 116 valence electrons. The van der Waals surface area contributed by atoms with Crippen LogP contribution in [0.1, 0.15) is 39.5 Å². The molecule has 0 aromatic heterocycles. The highest BCUT2D eigenvalue weighted by Gasteiger charge is 2.61. The summed E-state index contributed by atoms with van der Waals surface area (Å²) in [5.41, 5.74) is 2.25. The Bertz CT molecular complexity index is 593. The van der Waals surface area contributed by atoms with Crippen LogP contribution >= 0.6 is 0 Å². The van der Waals surface area contributed by atoms with Crippen LogP contribution < -0.4 is 0 Å². The van der Waals surface area contributed by atoms with Crippen LogP contribution in [0, 0.1) is 35.5 Å². The van der Waals surface area contributed by atoms with E-state index in [1.807, 2.05) is 13.8 Å². The van der Waals surface area contributed by atoms with E-state index in [9.17, 15) is 9.59 Å². The third kappa shape index (κ3) is 1.49. The molecule has 0 saturated heterocycles. The predicted molar refractivity (Wildman–Crippen MR) is 83.2 cm³/mol. The zero-order valence-corrected chi connectivity index (χ0v) is 13.2. The minimum atomic E-state index is -0.0821. The molecule has 0 aromatic rings. The minimum Gasteiger partial charge on any atom is -0.297 e. The fourth-order valence-corrected chi connectivity index (χ4v) is 6.30. The number of hydrogen-bond donors (Lipinski definition) is 0. The monoisotopic (exact) mass is 298 g/mol. The molecule has 0 bridgehead atoms. The number of ketones is 2. The molecule has 2 aliphatic heterocycles. The first-order valence-electron chi connectivity index (χ1n) is 8.68. The van der Waals surface area contributed by atoms with Gasteiger partial charge in [0.1, 0.15) is 12.1 Å². The van der Waals surface area contributed by atoms with Gasteiger partial charge in [-0.1, -0.05) is 0 Å². The highest BCUT2D eigenvalue weighted by Crippen LogP contribution is 2.57. The minimum absolute atomic E-state index is 0.0821. The van der Waals surface area contributed by atoms with Crippen LogP contribution in [-0.2, 0) is 9.59 Å². The molecular weight excluding hydrogens is 276 g/mol. The van der Waals surface area contributed by atoms with E-state index in [-0.39, 0.29) is 23.9 Å². The number of nitrogens with zero attached hydrogens (tertiary/aromatic N) is 2. The van der Waals surface area contributed by atoms with E-state index in [2.05, 4.69) is 9.98 Å². The Morgan fingerprint density at radius 3 is 1.55 bits per heavy atom. The number of Topliss-reactive ketones (excluding diaryl/α,β-unsaturated/α-hetero) is 2. The van der Waals surface area contributed by atoms with Crippen molar-refractivity contribution in [2.24, 2.45) is 45.5 Å². The summed E-state index contributed by atoms with van der Waals surface area (Å²) in [5.74, 6) is 2.64. The van der Waals surface area contributed by atoms with Crippen molar-refractivity contribution in [3.05, 3.63) is 0 Å². The van der Waals surface area contributed by atoms with Crippen LogP contribution in [0.25, 0.3) is 0 Å². The summed E-state index contributed by atoms with van der Waals surface area (Å²) in [6.45, 7) is 4.07. The molecule has 0 aromatic carbocycles. The first kappa shape index (κ1) is 13.1. The van der Waals surface area contributed by atoms with E-state index < -0.39 is 0 Å². The lowest BCUT2D eigenvalue weighted by Crippen LogP contribution is -2.35. The van der Waals surface area contributed by atoms with E-state index >= 15 is 0 Å². The van der Waals surface area contributed by atoms with E-state index in [1.165, 1.54) is 0 Å². The SMILES string of the molecule is CC1=NC2C(=O)C3CC4C(CC3C2C1)C(=O)C1N=C(C)CC14. The molecule has 8 unspecified atom stereocenters.